The van der Waals surface area contributed by atoms with Crippen molar-refractivity contribution in [3.8, 4) is 0 Å². The first kappa shape index (κ1) is 14.9. The molecule has 0 aromatic heterocycles. The zero-order valence-electron chi connectivity index (χ0n) is 11.8. The number of rotatable bonds is 7. The molecule has 17 heavy (non-hydrogen) atoms. The lowest BCUT2D eigenvalue weighted by Crippen LogP contribution is -2.46. The maximum atomic E-state index is 9.33. The summed E-state index contributed by atoms with van der Waals surface area (Å²) in [7, 11) is 0. The van der Waals surface area contributed by atoms with Crippen LogP contribution in [0.1, 0.15) is 52.9 Å². The Labute approximate surface area is 107 Å². The van der Waals surface area contributed by atoms with Gasteiger partial charge in [0.15, 0.2) is 0 Å². The third-order valence-corrected chi connectivity index (χ3v) is 4.02. The van der Waals surface area contributed by atoms with Gasteiger partial charge in [0.05, 0.1) is 6.61 Å². The molecule has 0 saturated carbocycles. The fraction of sp³-hybridized carbons (Fsp3) is 1.00. The number of nitrogens with zero attached hydrogens (tertiary/aromatic N) is 1. The van der Waals surface area contributed by atoms with E-state index in [-0.39, 0.29) is 12.6 Å². The lowest BCUT2D eigenvalue weighted by molar-refractivity contribution is 0.0934. The molecule has 0 aromatic carbocycles. The van der Waals surface area contributed by atoms with E-state index >= 15 is 0 Å². The fourth-order valence-electron chi connectivity index (χ4n) is 2.83. The first-order valence-electron chi connectivity index (χ1n) is 7.29. The van der Waals surface area contributed by atoms with Gasteiger partial charge < -0.3 is 10.4 Å². The van der Waals surface area contributed by atoms with Gasteiger partial charge in [-0.05, 0) is 46.1 Å². The third-order valence-electron chi connectivity index (χ3n) is 4.02. The van der Waals surface area contributed by atoms with E-state index in [4.69, 9.17) is 0 Å². The predicted octanol–water partition coefficient (Wildman–Crippen LogP) is 2.00. The quantitative estimate of drug-likeness (QED) is 0.717. The minimum atomic E-state index is 0.261. The van der Waals surface area contributed by atoms with Gasteiger partial charge in [-0.2, -0.15) is 0 Å². The van der Waals surface area contributed by atoms with E-state index < -0.39 is 0 Å². The van der Waals surface area contributed by atoms with Gasteiger partial charge >= 0.3 is 0 Å². The highest BCUT2D eigenvalue weighted by Gasteiger charge is 2.24. The van der Waals surface area contributed by atoms with Crippen LogP contribution in [-0.4, -0.2) is 47.8 Å². The molecule has 0 aliphatic carbocycles. The van der Waals surface area contributed by atoms with Crippen molar-refractivity contribution in [2.24, 2.45) is 0 Å². The summed E-state index contributed by atoms with van der Waals surface area (Å²) in [5.74, 6) is 0. The highest BCUT2D eigenvalue weighted by atomic mass is 16.3. The Bertz CT molecular complexity index is 189. The Morgan fingerprint density at radius 1 is 1.29 bits per heavy atom. The summed E-state index contributed by atoms with van der Waals surface area (Å²) in [4.78, 5) is 2.61. The van der Waals surface area contributed by atoms with E-state index in [1.54, 1.807) is 0 Å². The minimum Gasteiger partial charge on any atom is -0.395 e. The Morgan fingerprint density at radius 3 is 2.47 bits per heavy atom. The van der Waals surface area contributed by atoms with Crippen LogP contribution in [0.4, 0.5) is 0 Å². The molecule has 3 atom stereocenters. The van der Waals surface area contributed by atoms with Crippen molar-refractivity contribution in [1.82, 2.24) is 10.2 Å². The summed E-state index contributed by atoms with van der Waals surface area (Å²) < 4.78 is 0. The van der Waals surface area contributed by atoms with Crippen LogP contribution in [0.5, 0.6) is 0 Å². The van der Waals surface area contributed by atoms with Crippen LogP contribution in [0.15, 0.2) is 0 Å². The topological polar surface area (TPSA) is 35.5 Å². The molecule has 3 nitrogen and oxygen atoms in total. The smallest absolute Gasteiger partial charge is 0.0585 e. The second-order valence-corrected chi connectivity index (χ2v) is 5.49. The number of piperidine rings is 1. The molecule has 2 N–H and O–H groups in total. The summed E-state index contributed by atoms with van der Waals surface area (Å²) in [5, 5.41) is 12.7. The van der Waals surface area contributed by atoms with Crippen molar-refractivity contribution in [2.45, 2.75) is 71.0 Å². The molecular formula is C14H30N2O. The average molecular weight is 242 g/mol. The van der Waals surface area contributed by atoms with Gasteiger partial charge in [0.1, 0.15) is 0 Å². The number of aliphatic hydroxyl groups is 1. The van der Waals surface area contributed by atoms with Gasteiger partial charge in [0.2, 0.25) is 0 Å². The lowest BCUT2D eigenvalue weighted by Gasteiger charge is -2.39. The van der Waals surface area contributed by atoms with Crippen LogP contribution in [0.2, 0.25) is 0 Å². The second-order valence-electron chi connectivity index (χ2n) is 5.49. The van der Waals surface area contributed by atoms with Gasteiger partial charge in [-0.15, -0.1) is 0 Å². The molecule has 0 bridgehead atoms. The van der Waals surface area contributed by atoms with Crippen molar-refractivity contribution >= 4 is 0 Å². The van der Waals surface area contributed by atoms with Crippen molar-refractivity contribution in [3.63, 3.8) is 0 Å². The molecule has 1 heterocycles. The Balaban J connectivity index is 2.31. The summed E-state index contributed by atoms with van der Waals surface area (Å²) in [6.07, 6.45) is 6.22. The van der Waals surface area contributed by atoms with Crippen LogP contribution in [0.25, 0.3) is 0 Å². The highest BCUT2D eigenvalue weighted by Crippen LogP contribution is 2.22. The molecule has 1 aliphatic heterocycles. The zero-order valence-corrected chi connectivity index (χ0v) is 11.8. The van der Waals surface area contributed by atoms with Gasteiger partial charge in [-0.25, -0.2) is 0 Å². The van der Waals surface area contributed by atoms with E-state index in [2.05, 4.69) is 31.0 Å². The van der Waals surface area contributed by atoms with Gasteiger partial charge in [0, 0.05) is 24.7 Å². The Morgan fingerprint density at radius 2 is 1.94 bits per heavy atom. The monoisotopic (exact) mass is 242 g/mol. The average Bonchev–Trinajstić information content (AvgIpc) is 2.32. The number of aliphatic hydroxyl groups excluding tert-OH is 1. The summed E-state index contributed by atoms with van der Waals surface area (Å²) in [6.45, 7) is 9.22. The van der Waals surface area contributed by atoms with E-state index in [9.17, 15) is 5.11 Å². The highest BCUT2D eigenvalue weighted by molar-refractivity contribution is 4.80. The number of hydrogen-bond donors (Lipinski definition) is 2. The normalized spacial score (nSPS) is 28.2. The van der Waals surface area contributed by atoms with Crippen LogP contribution in [0.3, 0.4) is 0 Å². The van der Waals surface area contributed by atoms with Gasteiger partial charge in [-0.3, -0.25) is 4.90 Å². The first-order chi connectivity index (χ1) is 8.19. The lowest BCUT2D eigenvalue weighted by atomic mass is 9.97. The van der Waals surface area contributed by atoms with E-state index in [1.165, 1.54) is 19.3 Å². The molecule has 1 fully saturated rings. The molecule has 0 amide bonds. The molecule has 102 valence electrons. The second kappa shape index (κ2) is 8.06. The molecule has 1 rings (SSSR count). The Hall–Kier alpha value is -0.120. The molecule has 0 aromatic rings. The number of likely N-dealkylation sites (tertiary alicyclic amines) is 1. The minimum absolute atomic E-state index is 0.261. The molecule has 0 radical (unpaired) electrons. The molecular weight excluding hydrogens is 212 g/mol. The molecule has 3 heteroatoms. The molecule has 1 saturated heterocycles. The SMILES string of the molecule is CCCNC(CO)CCN1C(C)CCCC1C. The van der Waals surface area contributed by atoms with Crippen molar-refractivity contribution in [1.29, 1.82) is 0 Å². The summed E-state index contributed by atoms with van der Waals surface area (Å²) >= 11 is 0. The largest absolute Gasteiger partial charge is 0.395 e. The van der Waals surface area contributed by atoms with E-state index in [0.29, 0.717) is 12.1 Å². The fourth-order valence-corrected chi connectivity index (χ4v) is 2.83. The zero-order chi connectivity index (χ0) is 12.7. The van der Waals surface area contributed by atoms with Crippen LogP contribution in [-0.2, 0) is 0 Å². The van der Waals surface area contributed by atoms with Crippen LogP contribution >= 0.6 is 0 Å². The van der Waals surface area contributed by atoms with Crippen molar-refractivity contribution in [3.05, 3.63) is 0 Å². The van der Waals surface area contributed by atoms with Crippen molar-refractivity contribution in [2.75, 3.05) is 19.7 Å². The number of hydrogen-bond acceptors (Lipinski definition) is 3. The van der Waals surface area contributed by atoms with Gasteiger partial charge in [-0.1, -0.05) is 13.3 Å². The molecule has 1 aliphatic rings. The number of nitrogens with one attached hydrogen (secondary N) is 1. The third kappa shape index (κ3) is 4.94. The standard InChI is InChI=1S/C14H30N2O/c1-4-9-15-14(11-17)8-10-16-12(2)6-5-7-13(16)3/h12-15,17H,4-11H2,1-3H3. The Kier molecular flexibility index (Phi) is 7.09. The molecule has 3 unspecified atom stereocenters. The van der Waals surface area contributed by atoms with Gasteiger partial charge in [0.25, 0.3) is 0 Å². The molecule has 0 spiro atoms. The van der Waals surface area contributed by atoms with Crippen LogP contribution < -0.4 is 5.32 Å². The van der Waals surface area contributed by atoms with Crippen molar-refractivity contribution < 1.29 is 5.11 Å². The van der Waals surface area contributed by atoms with E-state index in [1.807, 2.05) is 0 Å². The summed E-state index contributed by atoms with van der Waals surface area (Å²) in [5.41, 5.74) is 0. The van der Waals surface area contributed by atoms with Crippen LogP contribution in [0, 0.1) is 0 Å². The van der Waals surface area contributed by atoms with E-state index in [0.717, 1.165) is 25.9 Å². The summed E-state index contributed by atoms with van der Waals surface area (Å²) in [6, 6.07) is 1.70. The first-order valence-corrected chi connectivity index (χ1v) is 7.29. The predicted molar refractivity (Wildman–Crippen MR) is 73.3 cm³/mol. The maximum Gasteiger partial charge on any atom is 0.0585 e. The maximum absolute atomic E-state index is 9.33.